The van der Waals surface area contributed by atoms with Gasteiger partial charge < -0.3 is 0 Å². The summed E-state index contributed by atoms with van der Waals surface area (Å²) in [4.78, 5) is 3.60. The summed E-state index contributed by atoms with van der Waals surface area (Å²) >= 11 is 0. The molecule has 1 nitrogen and oxygen atoms in total. The molecule has 238 valence electrons. The molecule has 0 radical (unpaired) electrons. The first-order chi connectivity index (χ1) is 19.9. The summed E-state index contributed by atoms with van der Waals surface area (Å²) in [5.41, 5.74) is -10.9. The van der Waals surface area contributed by atoms with E-state index in [0.717, 1.165) is 13.8 Å². The van der Waals surface area contributed by atoms with Crippen LogP contribution in [-0.2, 0) is 0 Å². The quantitative estimate of drug-likeness (QED) is 0.121. The van der Waals surface area contributed by atoms with Gasteiger partial charge >= 0.3 is 0 Å². The fourth-order valence-electron chi connectivity index (χ4n) is 5.24. The molecule has 3 aromatic carbocycles. The first kappa shape index (κ1) is 34.7. The summed E-state index contributed by atoms with van der Waals surface area (Å²) < 4.78 is 222. The molecule has 0 aliphatic carbocycles. The van der Waals surface area contributed by atoms with Crippen molar-refractivity contribution in [2.75, 3.05) is 0 Å². The Kier molecular flexibility index (Phi) is 8.87. The molecule has 0 amide bonds. The van der Waals surface area contributed by atoms with Crippen molar-refractivity contribution in [3.63, 3.8) is 0 Å². The Morgan fingerprint density at radius 2 is 0.614 bits per heavy atom. The monoisotopic (exact) mass is 651 g/mol. The van der Waals surface area contributed by atoms with Crippen molar-refractivity contribution in [3.05, 3.63) is 92.1 Å². The van der Waals surface area contributed by atoms with Gasteiger partial charge in [0.1, 0.15) is 34.9 Å². The Morgan fingerprint density at radius 1 is 0.409 bits per heavy atom. The fraction of sp³-hybridized carbons (Fsp3) is 0.296. The Bertz CT molecular complexity index is 1510. The van der Waals surface area contributed by atoms with Crippen molar-refractivity contribution in [2.24, 2.45) is 5.41 Å². The SMILES string of the molecule is CC(C)(C)CC(C)(C)[N+]#C[B-](c1c(F)c(F)c(F)c(F)c1F)(c1c(F)c(F)c(F)c(F)c1F)c1c(F)c(F)c(F)c(F)c1F. The zero-order chi connectivity index (χ0) is 34.0. The highest BCUT2D eigenvalue weighted by molar-refractivity contribution is 7.17. The van der Waals surface area contributed by atoms with Crippen LogP contribution >= 0.6 is 0 Å². The fourth-order valence-corrected chi connectivity index (χ4v) is 5.24. The van der Waals surface area contributed by atoms with Crippen molar-refractivity contribution in [3.8, 4) is 5.97 Å². The van der Waals surface area contributed by atoms with Gasteiger partial charge in [-0.3, -0.25) is 0 Å². The van der Waals surface area contributed by atoms with Gasteiger partial charge in [0.2, 0.25) is 0 Å². The highest BCUT2D eigenvalue weighted by Crippen LogP contribution is 2.32. The minimum Gasteiger partial charge on any atom is -0.207 e. The molecule has 3 aromatic rings. The van der Waals surface area contributed by atoms with Crippen LogP contribution in [-0.4, -0.2) is 11.7 Å². The van der Waals surface area contributed by atoms with Crippen molar-refractivity contribution in [2.45, 2.75) is 46.6 Å². The van der Waals surface area contributed by atoms with E-state index in [2.05, 4.69) is 4.85 Å². The van der Waals surface area contributed by atoms with E-state index in [4.69, 9.17) is 0 Å². The number of hydrogen-bond acceptors (Lipinski definition) is 0. The average molecular weight is 651 g/mol. The molecule has 0 aromatic heterocycles. The van der Waals surface area contributed by atoms with E-state index in [9.17, 15) is 39.5 Å². The maximum Gasteiger partial charge on any atom is 0.271 e. The molecule has 0 heterocycles. The van der Waals surface area contributed by atoms with Gasteiger partial charge in [-0.25, -0.2) is 65.9 Å². The van der Waals surface area contributed by atoms with Gasteiger partial charge in [0.05, 0.1) is 5.97 Å². The van der Waals surface area contributed by atoms with Gasteiger partial charge in [-0.05, 0) is 5.41 Å². The van der Waals surface area contributed by atoms with Crippen molar-refractivity contribution < 1.29 is 65.9 Å². The van der Waals surface area contributed by atoms with Crippen LogP contribution in [0.25, 0.3) is 4.85 Å². The van der Waals surface area contributed by atoms with Gasteiger partial charge in [0, 0.05) is 20.3 Å². The standard InChI is InChI=1S/C27H17BF15N/c1-26(2,3)6-27(4,5)44-7-28(8-11(29)17(35)23(41)18(36)12(8)30,9-13(31)19(37)24(42)20(38)14(9)32)10-15(33)21(39)25(43)22(40)16(10)34/h6H2,1-5H3. The van der Waals surface area contributed by atoms with Crippen LogP contribution in [0.3, 0.4) is 0 Å². The second kappa shape index (κ2) is 11.3. The van der Waals surface area contributed by atoms with E-state index in [-0.39, 0.29) is 6.42 Å². The van der Waals surface area contributed by atoms with Crippen LogP contribution in [0.4, 0.5) is 65.9 Å². The molecule has 0 bridgehead atoms. The summed E-state index contributed by atoms with van der Waals surface area (Å²) in [6, 6.07) is 0. The molecule has 0 spiro atoms. The lowest BCUT2D eigenvalue weighted by atomic mass is 9.16. The maximum atomic E-state index is 15.4. The lowest BCUT2D eigenvalue weighted by Crippen LogP contribution is -2.72. The number of hydrogen-bond donors (Lipinski definition) is 0. The van der Waals surface area contributed by atoms with Gasteiger partial charge in [-0.15, -0.1) is 21.2 Å². The Labute approximate surface area is 239 Å². The molecule has 0 fully saturated rings. The van der Waals surface area contributed by atoms with Crippen LogP contribution in [0.1, 0.15) is 41.0 Å². The number of halogens is 15. The third-order valence-corrected chi connectivity index (χ3v) is 6.55. The van der Waals surface area contributed by atoms with Crippen molar-refractivity contribution >= 4 is 22.5 Å². The zero-order valence-electron chi connectivity index (χ0n) is 22.9. The lowest BCUT2D eigenvalue weighted by Gasteiger charge is -2.35. The highest BCUT2D eigenvalue weighted by Gasteiger charge is 2.52. The van der Waals surface area contributed by atoms with E-state index in [1.54, 1.807) is 20.8 Å². The molecule has 0 N–H and O–H groups in total. The largest absolute Gasteiger partial charge is 0.271 e. The highest BCUT2D eigenvalue weighted by atomic mass is 19.2. The van der Waals surface area contributed by atoms with Crippen LogP contribution in [0, 0.1) is 98.6 Å². The minimum atomic E-state index is -5.94. The topological polar surface area (TPSA) is 4.36 Å². The number of nitrogens with zero attached hydrogens (tertiary/aromatic N) is 1. The Hall–Kier alpha value is -3.84. The third-order valence-electron chi connectivity index (χ3n) is 6.55. The Morgan fingerprint density at radius 3 is 0.818 bits per heavy atom. The van der Waals surface area contributed by atoms with E-state index < -0.39 is 121 Å². The smallest absolute Gasteiger partial charge is 0.207 e. The second-order valence-corrected chi connectivity index (χ2v) is 11.6. The molecular formula is C27H17BF15N. The molecule has 44 heavy (non-hydrogen) atoms. The van der Waals surface area contributed by atoms with E-state index in [1.807, 2.05) is 0 Å². The third kappa shape index (κ3) is 5.36. The molecule has 0 saturated carbocycles. The molecular weight excluding hydrogens is 634 g/mol. The van der Waals surface area contributed by atoms with Crippen LogP contribution in [0.2, 0.25) is 0 Å². The first-order valence-electron chi connectivity index (χ1n) is 12.1. The molecule has 0 unspecified atom stereocenters. The maximum absolute atomic E-state index is 15.4. The van der Waals surface area contributed by atoms with Crippen molar-refractivity contribution in [1.82, 2.24) is 0 Å². The molecule has 17 heteroatoms. The summed E-state index contributed by atoms with van der Waals surface area (Å²) in [5.74, 6) is -44.7. The van der Waals surface area contributed by atoms with Gasteiger partial charge in [-0.2, -0.15) is 0 Å². The summed E-state index contributed by atoms with van der Waals surface area (Å²) in [6.45, 7) is 6.85. The first-order valence-corrected chi connectivity index (χ1v) is 12.1. The number of benzene rings is 3. The van der Waals surface area contributed by atoms with Crippen LogP contribution in [0.5, 0.6) is 0 Å². The molecule has 3 rings (SSSR count). The van der Waals surface area contributed by atoms with E-state index >= 15 is 26.3 Å². The minimum absolute atomic E-state index is 0.204. The van der Waals surface area contributed by atoms with E-state index in [1.165, 1.54) is 5.97 Å². The molecule has 0 aliphatic rings. The summed E-state index contributed by atoms with van der Waals surface area (Å²) in [7, 11) is 0. The molecule has 0 atom stereocenters. The van der Waals surface area contributed by atoms with Gasteiger partial charge in [0.25, 0.3) is 11.7 Å². The lowest BCUT2D eigenvalue weighted by molar-refractivity contribution is 0.315. The van der Waals surface area contributed by atoms with Gasteiger partial charge in [-0.1, -0.05) is 20.8 Å². The molecule has 0 saturated heterocycles. The number of rotatable bonds is 4. The average Bonchev–Trinajstić information content (AvgIpc) is 2.92. The predicted molar refractivity (Wildman–Crippen MR) is 129 cm³/mol. The summed E-state index contributed by atoms with van der Waals surface area (Å²) in [5, 5.41) is 0. The predicted octanol–water partition coefficient (Wildman–Crippen LogP) is 7.33. The van der Waals surface area contributed by atoms with Gasteiger partial charge in [0.15, 0.2) is 52.4 Å². The molecule has 0 aliphatic heterocycles. The van der Waals surface area contributed by atoms with E-state index in [0.29, 0.717) is 0 Å². The second-order valence-electron chi connectivity index (χ2n) is 11.6. The summed E-state index contributed by atoms with van der Waals surface area (Å²) in [6.07, 6.45) is -6.15. The zero-order valence-corrected chi connectivity index (χ0v) is 22.9. The van der Waals surface area contributed by atoms with Crippen molar-refractivity contribution in [1.29, 1.82) is 0 Å². The van der Waals surface area contributed by atoms with Crippen LogP contribution < -0.4 is 16.4 Å². The Balaban J connectivity index is 2.94. The van der Waals surface area contributed by atoms with Crippen LogP contribution in [0.15, 0.2) is 0 Å². The normalized spacial score (nSPS) is 12.5.